The van der Waals surface area contributed by atoms with E-state index in [2.05, 4.69) is 15.4 Å². The first-order valence-corrected chi connectivity index (χ1v) is 6.43. The summed E-state index contributed by atoms with van der Waals surface area (Å²) in [7, 11) is 0. The highest BCUT2D eigenvalue weighted by Gasteiger charge is 2.23. The Morgan fingerprint density at radius 1 is 1.35 bits per heavy atom. The van der Waals surface area contributed by atoms with Crippen LogP contribution in [0.1, 0.15) is 32.4 Å². The first-order chi connectivity index (χ1) is 9.38. The minimum Gasteiger partial charge on any atom is -0.348 e. The van der Waals surface area contributed by atoms with Crippen molar-refractivity contribution in [2.24, 2.45) is 5.73 Å². The normalized spacial score (nSPS) is 13.0. The second-order valence-electron chi connectivity index (χ2n) is 5.35. The Kier molecular flexibility index (Phi) is 3.85. The summed E-state index contributed by atoms with van der Waals surface area (Å²) in [5.74, 6) is -0.176. The molecule has 0 spiro atoms. The Morgan fingerprint density at radius 3 is 2.50 bits per heavy atom. The van der Waals surface area contributed by atoms with Crippen molar-refractivity contribution >= 4 is 5.91 Å². The zero-order chi connectivity index (χ0) is 14.8. The molecule has 6 nitrogen and oxygen atoms in total. The molecule has 0 saturated heterocycles. The maximum absolute atomic E-state index is 11.8. The van der Waals surface area contributed by atoms with Crippen molar-refractivity contribution in [1.29, 1.82) is 0 Å². The third kappa shape index (κ3) is 3.21. The standard InChI is InChI=1S/C14H19N5O/c1-10(18-13(20)14(2,3)15)11-4-6-12(7-5-11)19-9-16-8-17-19/h4-10H,15H2,1-3H3,(H,18,20). The quantitative estimate of drug-likeness (QED) is 0.876. The highest BCUT2D eigenvalue weighted by molar-refractivity contribution is 5.85. The SMILES string of the molecule is CC(NC(=O)C(C)(C)N)c1ccc(-n2cncn2)cc1. The number of hydrogen-bond acceptors (Lipinski definition) is 4. The largest absolute Gasteiger partial charge is 0.348 e. The third-order valence-electron chi connectivity index (χ3n) is 3.01. The molecule has 106 valence electrons. The fourth-order valence-electron chi connectivity index (χ4n) is 1.72. The molecule has 0 bridgehead atoms. The van der Waals surface area contributed by atoms with Crippen LogP contribution in [0.4, 0.5) is 0 Å². The minimum atomic E-state index is -0.880. The fourth-order valence-corrected chi connectivity index (χ4v) is 1.72. The van der Waals surface area contributed by atoms with Gasteiger partial charge in [0.1, 0.15) is 12.7 Å². The first kappa shape index (κ1) is 14.2. The molecule has 0 aliphatic rings. The van der Waals surface area contributed by atoms with Crippen LogP contribution in [0.2, 0.25) is 0 Å². The first-order valence-electron chi connectivity index (χ1n) is 6.43. The number of rotatable bonds is 4. The summed E-state index contributed by atoms with van der Waals surface area (Å²) in [6, 6.07) is 7.66. The van der Waals surface area contributed by atoms with E-state index in [1.54, 1.807) is 24.9 Å². The molecule has 0 fully saturated rings. The predicted octanol–water partition coefficient (Wildman–Crippen LogP) is 1.18. The summed E-state index contributed by atoms with van der Waals surface area (Å²) in [6.07, 6.45) is 3.12. The van der Waals surface area contributed by atoms with E-state index in [1.807, 2.05) is 31.2 Å². The molecule has 20 heavy (non-hydrogen) atoms. The Bertz CT molecular complexity index is 569. The summed E-state index contributed by atoms with van der Waals surface area (Å²) in [4.78, 5) is 15.7. The van der Waals surface area contributed by atoms with Gasteiger partial charge in [-0.2, -0.15) is 5.10 Å². The number of nitrogens with one attached hydrogen (secondary N) is 1. The van der Waals surface area contributed by atoms with E-state index < -0.39 is 5.54 Å². The highest BCUT2D eigenvalue weighted by atomic mass is 16.2. The molecule has 1 unspecified atom stereocenters. The van der Waals surface area contributed by atoms with Gasteiger partial charge in [0.15, 0.2) is 0 Å². The second-order valence-corrected chi connectivity index (χ2v) is 5.35. The van der Waals surface area contributed by atoms with Gasteiger partial charge in [0.25, 0.3) is 0 Å². The van der Waals surface area contributed by atoms with Gasteiger partial charge in [-0.25, -0.2) is 9.67 Å². The summed E-state index contributed by atoms with van der Waals surface area (Å²) in [5, 5.41) is 6.95. The third-order valence-corrected chi connectivity index (χ3v) is 3.01. The molecular weight excluding hydrogens is 254 g/mol. The van der Waals surface area contributed by atoms with Gasteiger partial charge in [-0.1, -0.05) is 12.1 Å². The number of nitrogens with two attached hydrogens (primary N) is 1. The molecule has 1 aromatic carbocycles. The number of carbonyl (C=O) groups is 1. The summed E-state index contributed by atoms with van der Waals surface area (Å²) < 4.78 is 1.68. The van der Waals surface area contributed by atoms with Crippen LogP contribution in [0.5, 0.6) is 0 Å². The molecule has 1 heterocycles. The van der Waals surface area contributed by atoms with Gasteiger partial charge < -0.3 is 11.1 Å². The van der Waals surface area contributed by atoms with Gasteiger partial charge in [0.05, 0.1) is 17.3 Å². The number of carbonyl (C=O) groups excluding carboxylic acids is 1. The molecule has 0 radical (unpaired) electrons. The van der Waals surface area contributed by atoms with Crippen molar-refractivity contribution in [3.8, 4) is 5.69 Å². The molecule has 1 aromatic heterocycles. The Balaban J connectivity index is 2.08. The van der Waals surface area contributed by atoms with Crippen molar-refractivity contribution < 1.29 is 4.79 Å². The van der Waals surface area contributed by atoms with Crippen LogP contribution in [0.25, 0.3) is 5.69 Å². The number of hydrogen-bond donors (Lipinski definition) is 2. The Morgan fingerprint density at radius 2 is 2.00 bits per heavy atom. The van der Waals surface area contributed by atoms with E-state index in [1.165, 1.54) is 6.33 Å². The van der Waals surface area contributed by atoms with Crippen molar-refractivity contribution in [3.05, 3.63) is 42.5 Å². The van der Waals surface area contributed by atoms with Crippen LogP contribution in [-0.2, 0) is 4.79 Å². The van der Waals surface area contributed by atoms with Crippen molar-refractivity contribution in [2.75, 3.05) is 0 Å². The van der Waals surface area contributed by atoms with E-state index in [0.717, 1.165) is 11.3 Å². The van der Waals surface area contributed by atoms with E-state index in [4.69, 9.17) is 5.73 Å². The number of nitrogens with zero attached hydrogens (tertiary/aromatic N) is 3. The van der Waals surface area contributed by atoms with Gasteiger partial charge >= 0.3 is 0 Å². The van der Waals surface area contributed by atoms with E-state index >= 15 is 0 Å². The minimum absolute atomic E-state index is 0.102. The van der Waals surface area contributed by atoms with E-state index in [9.17, 15) is 4.79 Å². The van der Waals surface area contributed by atoms with E-state index in [-0.39, 0.29) is 11.9 Å². The molecule has 1 amide bonds. The highest BCUT2D eigenvalue weighted by Crippen LogP contribution is 2.15. The summed E-state index contributed by atoms with van der Waals surface area (Å²) in [5.41, 5.74) is 6.81. The maximum atomic E-state index is 11.8. The zero-order valence-corrected chi connectivity index (χ0v) is 11.9. The molecule has 0 aliphatic heterocycles. The molecule has 6 heteroatoms. The van der Waals surface area contributed by atoms with Crippen LogP contribution >= 0.6 is 0 Å². The monoisotopic (exact) mass is 273 g/mol. The van der Waals surface area contributed by atoms with Crippen LogP contribution in [-0.4, -0.2) is 26.2 Å². The lowest BCUT2D eigenvalue weighted by atomic mass is 10.0. The maximum Gasteiger partial charge on any atom is 0.239 e. The molecule has 3 N–H and O–H groups in total. The van der Waals surface area contributed by atoms with E-state index in [0.29, 0.717) is 0 Å². The number of amides is 1. The van der Waals surface area contributed by atoms with Gasteiger partial charge in [-0.15, -0.1) is 0 Å². The number of benzene rings is 1. The fraction of sp³-hybridized carbons (Fsp3) is 0.357. The topological polar surface area (TPSA) is 85.8 Å². The smallest absolute Gasteiger partial charge is 0.239 e. The van der Waals surface area contributed by atoms with Gasteiger partial charge in [-0.05, 0) is 38.5 Å². The summed E-state index contributed by atoms with van der Waals surface area (Å²) in [6.45, 7) is 5.29. The second kappa shape index (κ2) is 5.42. The lowest BCUT2D eigenvalue weighted by molar-refractivity contribution is -0.125. The van der Waals surface area contributed by atoms with Crippen molar-refractivity contribution in [1.82, 2.24) is 20.1 Å². The van der Waals surface area contributed by atoms with Crippen LogP contribution in [0.3, 0.4) is 0 Å². The predicted molar refractivity (Wildman–Crippen MR) is 76.2 cm³/mol. The van der Waals surface area contributed by atoms with Gasteiger partial charge in [-0.3, -0.25) is 4.79 Å². The lowest BCUT2D eigenvalue weighted by Crippen LogP contribution is -2.49. The van der Waals surface area contributed by atoms with Crippen LogP contribution in [0.15, 0.2) is 36.9 Å². The van der Waals surface area contributed by atoms with Crippen LogP contribution < -0.4 is 11.1 Å². The zero-order valence-electron chi connectivity index (χ0n) is 11.9. The van der Waals surface area contributed by atoms with Crippen molar-refractivity contribution in [2.45, 2.75) is 32.4 Å². The molecule has 2 rings (SSSR count). The van der Waals surface area contributed by atoms with Crippen molar-refractivity contribution in [3.63, 3.8) is 0 Å². The molecule has 0 saturated carbocycles. The van der Waals surface area contributed by atoms with Gasteiger partial charge in [0, 0.05) is 0 Å². The summed E-state index contributed by atoms with van der Waals surface area (Å²) >= 11 is 0. The number of aromatic nitrogens is 3. The molecule has 2 aromatic rings. The lowest BCUT2D eigenvalue weighted by Gasteiger charge is -2.22. The molecule has 1 atom stereocenters. The molecular formula is C14H19N5O. The molecule has 0 aliphatic carbocycles. The Labute approximate surface area is 118 Å². The average Bonchev–Trinajstić information content (AvgIpc) is 2.91. The average molecular weight is 273 g/mol. The van der Waals surface area contributed by atoms with Crippen LogP contribution in [0, 0.1) is 0 Å². The van der Waals surface area contributed by atoms with Gasteiger partial charge in [0.2, 0.25) is 5.91 Å². The Hall–Kier alpha value is -2.21.